The molecule has 1 amide bonds. The van der Waals surface area contributed by atoms with Gasteiger partial charge in [0.05, 0.1) is 19.3 Å². The average molecular weight is 371 g/mol. The Hall–Kier alpha value is -2.41. The Morgan fingerprint density at radius 1 is 1.33 bits per heavy atom. The Labute approximate surface area is 160 Å². The number of hydrogen-bond acceptors (Lipinski definition) is 5. The Balaban J connectivity index is 1.66. The lowest BCUT2D eigenvalue weighted by Crippen LogP contribution is -2.40. The zero-order valence-corrected chi connectivity index (χ0v) is 16.4. The first-order chi connectivity index (χ1) is 13.1. The standard InChI is InChI=1S/C20H29N5O2/c1-4-24(15(2)13-16-5-7-18(27-3)8-6-16)20(26)19-14-25(23-22-19)17-9-11-21-12-10-17/h5-8,14-15,17,21H,4,9-13H2,1-3H3. The second-order valence-electron chi connectivity index (χ2n) is 7.06. The maximum Gasteiger partial charge on any atom is 0.276 e. The van der Waals surface area contributed by atoms with Crippen molar-refractivity contribution in [2.45, 2.75) is 45.2 Å². The van der Waals surface area contributed by atoms with Gasteiger partial charge in [-0.05, 0) is 63.9 Å². The molecule has 1 saturated heterocycles. The molecule has 1 aromatic heterocycles. The van der Waals surface area contributed by atoms with E-state index in [9.17, 15) is 4.79 Å². The summed E-state index contributed by atoms with van der Waals surface area (Å²) in [6.45, 7) is 6.67. The molecule has 1 atom stereocenters. The molecule has 1 aliphatic rings. The minimum absolute atomic E-state index is 0.0568. The molecule has 0 bridgehead atoms. The van der Waals surface area contributed by atoms with Crippen LogP contribution in [0.4, 0.5) is 0 Å². The maximum atomic E-state index is 13.0. The number of nitrogens with one attached hydrogen (secondary N) is 1. The highest BCUT2D eigenvalue weighted by Gasteiger charge is 2.24. The first-order valence-corrected chi connectivity index (χ1v) is 9.68. The van der Waals surface area contributed by atoms with Crippen LogP contribution in [0.2, 0.25) is 0 Å². The van der Waals surface area contributed by atoms with E-state index in [-0.39, 0.29) is 11.9 Å². The lowest BCUT2D eigenvalue weighted by atomic mass is 10.1. The lowest BCUT2D eigenvalue weighted by molar-refractivity contribution is 0.0697. The molecule has 146 valence electrons. The van der Waals surface area contributed by atoms with E-state index < -0.39 is 0 Å². The van der Waals surface area contributed by atoms with Crippen LogP contribution < -0.4 is 10.1 Å². The van der Waals surface area contributed by atoms with Crippen LogP contribution in [0.1, 0.15) is 48.8 Å². The summed E-state index contributed by atoms with van der Waals surface area (Å²) in [6.07, 6.45) is 4.62. The fourth-order valence-electron chi connectivity index (χ4n) is 3.64. The number of piperidine rings is 1. The van der Waals surface area contributed by atoms with Crippen molar-refractivity contribution in [2.24, 2.45) is 0 Å². The molecule has 1 N–H and O–H groups in total. The van der Waals surface area contributed by atoms with E-state index in [1.165, 1.54) is 5.56 Å². The van der Waals surface area contributed by atoms with E-state index >= 15 is 0 Å². The van der Waals surface area contributed by atoms with Crippen LogP contribution in [-0.4, -0.2) is 58.6 Å². The van der Waals surface area contributed by atoms with Crippen molar-refractivity contribution in [3.8, 4) is 5.75 Å². The molecule has 0 aliphatic carbocycles. The largest absolute Gasteiger partial charge is 0.497 e. The normalized spacial score (nSPS) is 16.1. The second kappa shape index (κ2) is 8.99. The first kappa shape index (κ1) is 19.4. The van der Waals surface area contributed by atoms with Gasteiger partial charge in [-0.2, -0.15) is 0 Å². The molecule has 2 heterocycles. The third-order valence-electron chi connectivity index (χ3n) is 5.24. The van der Waals surface area contributed by atoms with Gasteiger partial charge in [-0.3, -0.25) is 4.79 Å². The van der Waals surface area contributed by atoms with Gasteiger partial charge in [-0.25, -0.2) is 4.68 Å². The van der Waals surface area contributed by atoms with Crippen molar-refractivity contribution in [1.82, 2.24) is 25.2 Å². The smallest absolute Gasteiger partial charge is 0.276 e. The molecule has 3 rings (SSSR count). The third kappa shape index (κ3) is 4.66. The maximum absolute atomic E-state index is 13.0. The number of carbonyl (C=O) groups excluding carboxylic acids is 1. The van der Waals surface area contributed by atoms with Gasteiger partial charge >= 0.3 is 0 Å². The van der Waals surface area contributed by atoms with Gasteiger partial charge in [0.2, 0.25) is 0 Å². The second-order valence-corrected chi connectivity index (χ2v) is 7.06. The minimum atomic E-state index is -0.0568. The third-order valence-corrected chi connectivity index (χ3v) is 5.24. The monoisotopic (exact) mass is 371 g/mol. The van der Waals surface area contributed by atoms with Crippen LogP contribution in [0.3, 0.4) is 0 Å². The molecule has 0 radical (unpaired) electrons. The van der Waals surface area contributed by atoms with E-state index in [2.05, 4.69) is 22.6 Å². The molecule has 7 nitrogen and oxygen atoms in total. The van der Waals surface area contributed by atoms with Gasteiger partial charge in [0.1, 0.15) is 5.75 Å². The molecule has 1 unspecified atom stereocenters. The van der Waals surface area contributed by atoms with Crippen molar-refractivity contribution in [1.29, 1.82) is 0 Å². The zero-order chi connectivity index (χ0) is 19.2. The van der Waals surface area contributed by atoms with Gasteiger partial charge in [-0.15, -0.1) is 5.10 Å². The van der Waals surface area contributed by atoms with E-state index in [0.29, 0.717) is 18.3 Å². The van der Waals surface area contributed by atoms with E-state index in [4.69, 9.17) is 4.74 Å². The molecule has 7 heteroatoms. The van der Waals surface area contributed by atoms with Gasteiger partial charge < -0.3 is 15.0 Å². The number of aromatic nitrogens is 3. The van der Waals surface area contributed by atoms with Crippen molar-refractivity contribution in [3.63, 3.8) is 0 Å². The van der Waals surface area contributed by atoms with Crippen LogP contribution >= 0.6 is 0 Å². The van der Waals surface area contributed by atoms with Crippen molar-refractivity contribution < 1.29 is 9.53 Å². The van der Waals surface area contributed by atoms with Gasteiger partial charge in [-0.1, -0.05) is 17.3 Å². The van der Waals surface area contributed by atoms with E-state index in [1.54, 1.807) is 13.3 Å². The molecule has 1 fully saturated rings. The van der Waals surface area contributed by atoms with E-state index in [1.807, 2.05) is 40.8 Å². The zero-order valence-electron chi connectivity index (χ0n) is 16.4. The summed E-state index contributed by atoms with van der Waals surface area (Å²) in [7, 11) is 1.66. The minimum Gasteiger partial charge on any atom is -0.497 e. The average Bonchev–Trinajstić information content (AvgIpc) is 3.20. The molecule has 0 spiro atoms. The molecule has 1 aromatic carbocycles. The van der Waals surface area contributed by atoms with Crippen LogP contribution in [0.25, 0.3) is 0 Å². The van der Waals surface area contributed by atoms with Crippen LogP contribution in [0.5, 0.6) is 5.75 Å². The van der Waals surface area contributed by atoms with Gasteiger partial charge in [0.15, 0.2) is 5.69 Å². The molecule has 0 saturated carbocycles. The van der Waals surface area contributed by atoms with Crippen LogP contribution in [0.15, 0.2) is 30.5 Å². The molecular formula is C20H29N5O2. The van der Waals surface area contributed by atoms with Crippen molar-refractivity contribution >= 4 is 5.91 Å². The summed E-state index contributed by atoms with van der Waals surface area (Å²) in [5.41, 5.74) is 1.60. The fourth-order valence-corrected chi connectivity index (χ4v) is 3.64. The summed E-state index contributed by atoms with van der Waals surface area (Å²) in [5, 5.41) is 11.7. The van der Waals surface area contributed by atoms with Crippen LogP contribution in [0, 0.1) is 0 Å². The number of benzene rings is 1. The predicted octanol–water partition coefficient (Wildman–Crippen LogP) is 2.30. The highest BCUT2D eigenvalue weighted by molar-refractivity contribution is 5.92. The molecule has 2 aromatic rings. The number of nitrogens with zero attached hydrogens (tertiary/aromatic N) is 4. The Morgan fingerprint density at radius 3 is 2.67 bits per heavy atom. The molecule has 27 heavy (non-hydrogen) atoms. The number of hydrogen-bond donors (Lipinski definition) is 1. The molecule has 1 aliphatic heterocycles. The number of likely N-dealkylation sites (N-methyl/N-ethyl adjacent to an activating group) is 1. The highest BCUT2D eigenvalue weighted by Crippen LogP contribution is 2.19. The SMILES string of the molecule is CCN(C(=O)c1cn(C2CCNCC2)nn1)C(C)Cc1ccc(OC)cc1. The fraction of sp³-hybridized carbons (Fsp3) is 0.550. The number of rotatable bonds is 7. The first-order valence-electron chi connectivity index (χ1n) is 9.68. The van der Waals surface area contributed by atoms with Gasteiger partial charge in [0.25, 0.3) is 5.91 Å². The Morgan fingerprint density at radius 2 is 2.04 bits per heavy atom. The van der Waals surface area contributed by atoms with Gasteiger partial charge in [0, 0.05) is 12.6 Å². The number of amides is 1. The van der Waals surface area contributed by atoms with Crippen LogP contribution in [-0.2, 0) is 6.42 Å². The van der Waals surface area contributed by atoms with Crippen molar-refractivity contribution in [2.75, 3.05) is 26.7 Å². The lowest BCUT2D eigenvalue weighted by Gasteiger charge is -2.27. The summed E-state index contributed by atoms with van der Waals surface area (Å²) >= 11 is 0. The molecular weight excluding hydrogens is 342 g/mol. The Bertz CT molecular complexity index is 737. The number of carbonyl (C=O) groups is 1. The summed E-state index contributed by atoms with van der Waals surface area (Å²) in [5.74, 6) is 0.781. The Kier molecular flexibility index (Phi) is 6.45. The van der Waals surface area contributed by atoms with E-state index in [0.717, 1.165) is 38.1 Å². The summed E-state index contributed by atoms with van der Waals surface area (Å²) in [4.78, 5) is 14.8. The summed E-state index contributed by atoms with van der Waals surface area (Å²) in [6, 6.07) is 8.38. The predicted molar refractivity (Wildman–Crippen MR) is 104 cm³/mol. The van der Waals surface area contributed by atoms with Crippen molar-refractivity contribution in [3.05, 3.63) is 41.7 Å². The topological polar surface area (TPSA) is 72.3 Å². The number of methoxy groups -OCH3 is 1. The summed E-state index contributed by atoms with van der Waals surface area (Å²) < 4.78 is 7.06. The quantitative estimate of drug-likeness (QED) is 0.809. The highest BCUT2D eigenvalue weighted by atomic mass is 16.5. The number of ether oxygens (including phenoxy) is 1.